The van der Waals surface area contributed by atoms with Gasteiger partial charge in [0.2, 0.25) is 0 Å². The van der Waals surface area contributed by atoms with E-state index in [9.17, 15) is 9.59 Å². The zero-order valence-corrected chi connectivity index (χ0v) is 19.7. The summed E-state index contributed by atoms with van der Waals surface area (Å²) in [6, 6.07) is 31.3. The Labute approximate surface area is 206 Å². The van der Waals surface area contributed by atoms with Crippen LogP contribution in [0.15, 0.2) is 108 Å². The average Bonchev–Trinajstić information content (AvgIpc) is 2.86. The number of rotatable bonds is 8. The van der Waals surface area contributed by atoms with E-state index in [1.54, 1.807) is 36.4 Å². The van der Waals surface area contributed by atoms with Crippen molar-refractivity contribution in [3.8, 4) is 5.75 Å². The molecule has 4 aromatic carbocycles. The highest BCUT2D eigenvalue weighted by Gasteiger charge is 2.14. The molecule has 0 bridgehead atoms. The molecular weight excluding hydrogens is 494 g/mol. The largest absolute Gasteiger partial charge is 0.484 e. The van der Waals surface area contributed by atoms with Gasteiger partial charge in [-0.25, -0.2) is 0 Å². The van der Waals surface area contributed by atoms with Gasteiger partial charge in [0, 0.05) is 21.5 Å². The van der Waals surface area contributed by atoms with E-state index in [2.05, 4.69) is 31.9 Å². The number of halogens is 1. The standard InChI is InChI=1S/C27H22BrN3O3/c28-19-10-16-23(17-11-19)34-18-26(32)31-25-9-5-4-8-24(25)27(33)30-22-14-12-21(13-15-22)29-20-6-2-1-3-7-20/h1-17,29H,18H2,(H,30,33)(H,31,32). The first-order chi connectivity index (χ1) is 16.6. The smallest absolute Gasteiger partial charge is 0.262 e. The highest BCUT2D eigenvalue weighted by Crippen LogP contribution is 2.21. The minimum absolute atomic E-state index is 0.173. The molecule has 0 aliphatic rings. The Kier molecular flexibility index (Phi) is 7.57. The van der Waals surface area contributed by atoms with Crippen molar-refractivity contribution in [1.29, 1.82) is 0 Å². The lowest BCUT2D eigenvalue weighted by atomic mass is 10.1. The number of carbonyl (C=O) groups excluding carboxylic acids is 2. The van der Waals surface area contributed by atoms with Gasteiger partial charge in [0.25, 0.3) is 11.8 Å². The number of carbonyl (C=O) groups is 2. The number of anilines is 4. The molecule has 0 heterocycles. The summed E-state index contributed by atoms with van der Waals surface area (Å²) < 4.78 is 6.43. The maximum absolute atomic E-state index is 12.9. The molecule has 6 nitrogen and oxygen atoms in total. The molecule has 0 radical (unpaired) electrons. The molecule has 170 valence electrons. The number of para-hydroxylation sites is 2. The number of nitrogens with one attached hydrogen (secondary N) is 3. The Bertz CT molecular complexity index is 1260. The van der Waals surface area contributed by atoms with Crippen molar-refractivity contribution in [3.63, 3.8) is 0 Å². The van der Waals surface area contributed by atoms with Crippen LogP contribution in [0.5, 0.6) is 5.75 Å². The summed E-state index contributed by atoms with van der Waals surface area (Å²) in [7, 11) is 0. The third kappa shape index (κ3) is 6.46. The highest BCUT2D eigenvalue weighted by atomic mass is 79.9. The average molecular weight is 516 g/mol. The van der Waals surface area contributed by atoms with Crippen molar-refractivity contribution >= 4 is 50.5 Å². The van der Waals surface area contributed by atoms with Gasteiger partial charge in [0.05, 0.1) is 11.3 Å². The monoisotopic (exact) mass is 515 g/mol. The van der Waals surface area contributed by atoms with Gasteiger partial charge >= 0.3 is 0 Å². The molecule has 7 heteroatoms. The maximum atomic E-state index is 12.9. The SMILES string of the molecule is O=C(COc1ccc(Br)cc1)Nc1ccccc1C(=O)Nc1ccc(Nc2ccccc2)cc1. The van der Waals surface area contributed by atoms with Crippen LogP contribution in [0, 0.1) is 0 Å². The normalized spacial score (nSPS) is 10.3. The number of hydrogen-bond donors (Lipinski definition) is 3. The van der Waals surface area contributed by atoms with Gasteiger partial charge in [-0.15, -0.1) is 0 Å². The second kappa shape index (κ2) is 11.2. The van der Waals surface area contributed by atoms with Gasteiger partial charge in [0.15, 0.2) is 6.61 Å². The summed E-state index contributed by atoms with van der Waals surface area (Å²) in [5.41, 5.74) is 3.29. The van der Waals surface area contributed by atoms with Crippen LogP contribution in [0.2, 0.25) is 0 Å². The first-order valence-electron chi connectivity index (χ1n) is 10.6. The molecule has 0 spiro atoms. The molecule has 0 aliphatic heterocycles. The fourth-order valence-corrected chi connectivity index (χ4v) is 3.44. The summed E-state index contributed by atoms with van der Waals surface area (Å²) in [5, 5.41) is 8.92. The predicted molar refractivity (Wildman–Crippen MR) is 139 cm³/mol. The summed E-state index contributed by atoms with van der Waals surface area (Å²) in [4.78, 5) is 25.3. The van der Waals surface area contributed by atoms with Crippen LogP contribution in [-0.4, -0.2) is 18.4 Å². The number of ether oxygens (including phenoxy) is 1. The third-order valence-corrected chi connectivity index (χ3v) is 5.36. The molecule has 0 saturated carbocycles. The van der Waals surface area contributed by atoms with Crippen molar-refractivity contribution in [2.45, 2.75) is 0 Å². The van der Waals surface area contributed by atoms with Gasteiger partial charge in [-0.05, 0) is 72.8 Å². The molecule has 0 saturated heterocycles. The molecular formula is C27H22BrN3O3. The van der Waals surface area contributed by atoms with Crippen LogP contribution in [0.3, 0.4) is 0 Å². The first-order valence-corrected chi connectivity index (χ1v) is 11.4. The summed E-state index contributed by atoms with van der Waals surface area (Å²) in [5.74, 6) is -0.109. The van der Waals surface area contributed by atoms with Crippen LogP contribution in [-0.2, 0) is 4.79 Å². The molecule has 0 aliphatic carbocycles. The molecule has 0 fully saturated rings. The van der Waals surface area contributed by atoms with Crippen molar-refractivity contribution in [1.82, 2.24) is 0 Å². The summed E-state index contributed by atoms with van der Waals surface area (Å²) in [6.07, 6.45) is 0. The number of hydrogen-bond acceptors (Lipinski definition) is 4. The Morgan fingerprint density at radius 2 is 1.29 bits per heavy atom. The van der Waals surface area contributed by atoms with E-state index in [0.29, 0.717) is 22.7 Å². The molecule has 0 aromatic heterocycles. The Hall–Kier alpha value is -4.10. The van der Waals surface area contributed by atoms with Gasteiger partial charge < -0.3 is 20.7 Å². The van der Waals surface area contributed by atoms with Crippen LogP contribution >= 0.6 is 15.9 Å². The van der Waals surface area contributed by atoms with E-state index in [-0.39, 0.29) is 18.4 Å². The Balaban J connectivity index is 1.36. The van der Waals surface area contributed by atoms with Crippen molar-refractivity contribution in [3.05, 3.63) is 113 Å². The lowest BCUT2D eigenvalue weighted by Gasteiger charge is -2.13. The lowest BCUT2D eigenvalue weighted by Crippen LogP contribution is -2.22. The number of benzene rings is 4. The van der Waals surface area contributed by atoms with Crippen molar-refractivity contribution in [2.75, 3.05) is 22.6 Å². The minimum Gasteiger partial charge on any atom is -0.484 e. The van der Waals surface area contributed by atoms with Crippen molar-refractivity contribution < 1.29 is 14.3 Å². The molecule has 3 N–H and O–H groups in total. The van der Waals surface area contributed by atoms with Crippen molar-refractivity contribution in [2.24, 2.45) is 0 Å². The molecule has 34 heavy (non-hydrogen) atoms. The third-order valence-electron chi connectivity index (χ3n) is 4.83. The maximum Gasteiger partial charge on any atom is 0.262 e. The van der Waals surface area contributed by atoms with Crippen LogP contribution in [0.1, 0.15) is 10.4 Å². The Morgan fingerprint density at radius 3 is 2.03 bits per heavy atom. The van der Waals surface area contributed by atoms with Gasteiger partial charge in [-0.3, -0.25) is 9.59 Å². The van der Waals surface area contributed by atoms with Crippen LogP contribution < -0.4 is 20.7 Å². The zero-order chi connectivity index (χ0) is 23.8. The van der Waals surface area contributed by atoms with E-state index < -0.39 is 0 Å². The number of amides is 2. The summed E-state index contributed by atoms with van der Waals surface area (Å²) >= 11 is 3.36. The molecule has 0 atom stereocenters. The highest BCUT2D eigenvalue weighted by molar-refractivity contribution is 9.10. The zero-order valence-electron chi connectivity index (χ0n) is 18.1. The van der Waals surface area contributed by atoms with Gasteiger partial charge in [-0.1, -0.05) is 46.3 Å². The predicted octanol–water partition coefficient (Wildman–Crippen LogP) is 6.46. The van der Waals surface area contributed by atoms with E-state index in [1.807, 2.05) is 66.7 Å². The fraction of sp³-hybridized carbons (Fsp3) is 0.0370. The van der Waals surface area contributed by atoms with Crippen LogP contribution in [0.25, 0.3) is 0 Å². The van der Waals surface area contributed by atoms with Gasteiger partial charge in [0.1, 0.15) is 5.75 Å². The summed E-state index contributed by atoms with van der Waals surface area (Å²) in [6.45, 7) is -0.173. The second-order valence-electron chi connectivity index (χ2n) is 7.36. The van der Waals surface area contributed by atoms with E-state index in [1.165, 1.54) is 0 Å². The lowest BCUT2D eigenvalue weighted by molar-refractivity contribution is -0.118. The molecule has 2 amide bonds. The topological polar surface area (TPSA) is 79.5 Å². The van der Waals surface area contributed by atoms with E-state index in [0.717, 1.165) is 15.8 Å². The van der Waals surface area contributed by atoms with E-state index >= 15 is 0 Å². The van der Waals surface area contributed by atoms with Crippen LogP contribution in [0.4, 0.5) is 22.7 Å². The molecule has 0 unspecified atom stereocenters. The molecule has 4 rings (SSSR count). The minimum atomic E-state index is -0.362. The van der Waals surface area contributed by atoms with Gasteiger partial charge in [-0.2, -0.15) is 0 Å². The first kappa shape index (κ1) is 23.1. The quantitative estimate of drug-likeness (QED) is 0.251. The molecule has 4 aromatic rings. The van der Waals surface area contributed by atoms with E-state index in [4.69, 9.17) is 4.74 Å². The fourth-order valence-electron chi connectivity index (χ4n) is 3.18. The Morgan fingerprint density at radius 1 is 0.676 bits per heavy atom. The second-order valence-corrected chi connectivity index (χ2v) is 8.27.